The van der Waals surface area contributed by atoms with Gasteiger partial charge in [-0.25, -0.2) is 0 Å². The molecule has 1 aromatic heterocycles. The molecule has 0 unspecified atom stereocenters. The number of hydrogen-bond acceptors (Lipinski definition) is 3. The number of nitrogens with two attached hydrogens (primary N) is 1. The monoisotopic (exact) mass is 192 g/mol. The summed E-state index contributed by atoms with van der Waals surface area (Å²) in [6.07, 6.45) is 2.66. The van der Waals surface area contributed by atoms with Gasteiger partial charge in [0.05, 0.1) is 12.7 Å². The second-order valence-electron chi connectivity index (χ2n) is 3.34. The number of ether oxygens (including phenoxy) is 1. The predicted octanol–water partition coefficient (Wildman–Crippen LogP) is 1.16. The molecule has 1 atom stereocenters. The van der Waals surface area contributed by atoms with Gasteiger partial charge in [-0.3, -0.25) is 9.78 Å². The molecule has 0 bridgehead atoms. The van der Waals surface area contributed by atoms with Crippen LogP contribution in [0.1, 0.15) is 41.1 Å². The van der Waals surface area contributed by atoms with E-state index < -0.39 is 5.91 Å². The fourth-order valence-corrected chi connectivity index (χ4v) is 1.67. The van der Waals surface area contributed by atoms with Crippen molar-refractivity contribution in [1.29, 1.82) is 0 Å². The first-order valence-electron chi connectivity index (χ1n) is 4.62. The number of amides is 1. The maximum Gasteiger partial charge on any atom is 0.267 e. The number of pyridine rings is 1. The van der Waals surface area contributed by atoms with Gasteiger partial charge in [-0.05, 0) is 18.1 Å². The number of nitrogens with zero attached hydrogens (tertiary/aromatic N) is 1. The summed E-state index contributed by atoms with van der Waals surface area (Å²) < 4.78 is 5.52. The fourth-order valence-electron chi connectivity index (χ4n) is 1.67. The number of aromatic nitrogens is 1. The summed E-state index contributed by atoms with van der Waals surface area (Å²) in [5.74, 6) is -0.491. The van der Waals surface area contributed by atoms with E-state index >= 15 is 0 Å². The number of fused-ring (bicyclic) bond motifs is 1. The minimum atomic E-state index is -0.491. The molecule has 1 aromatic rings. The number of hydrogen-bond donors (Lipinski definition) is 1. The normalized spacial score (nSPS) is 19.4. The van der Waals surface area contributed by atoms with Crippen LogP contribution in [0, 0.1) is 0 Å². The third-order valence-electron chi connectivity index (χ3n) is 2.43. The first kappa shape index (κ1) is 9.15. The molecule has 2 heterocycles. The summed E-state index contributed by atoms with van der Waals surface area (Å²) in [6.45, 7) is 2.63. The Hall–Kier alpha value is -1.42. The van der Waals surface area contributed by atoms with Crippen LogP contribution in [0.3, 0.4) is 0 Å². The molecule has 4 nitrogen and oxygen atoms in total. The molecule has 0 saturated heterocycles. The second kappa shape index (κ2) is 3.38. The minimum absolute atomic E-state index is 0.0890. The van der Waals surface area contributed by atoms with Crippen LogP contribution in [0.25, 0.3) is 0 Å². The van der Waals surface area contributed by atoms with Crippen LogP contribution in [0.4, 0.5) is 0 Å². The van der Waals surface area contributed by atoms with E-state index in [-0.39, 0.29) is 6.10 Å². The van der Waals surface area contributed by atoms with Crippen LogP contribution >= 0.6 is 0 Å². The van der Waals surface area contributed by atoms with E-state index in [1.807, 2.05) is 6.92 Å². The lowest BCUT2D eigenvalue weighted by Crippen LogP contribution is -2.13. The van der Waals surface area contributed by atoms with Gasteiger partial charge < -0.3 is 10.5 Å². The van der Waals surface area contributed by atoms with Gasteiger partial charge in [0.2, 0.25) is 0 Å². The van der Waals surface area contributed by atoms with E-state index in [4.69, 9.17) is 10.5 Å². The molecule has 1 amide bonds. The van der Waals surface area contributed by atoms with Gasteiger partial charge >= 0.3 is 0 Å². The lowest BCUT2D eigenvalue weighted by molar-refractivity contribution is 0.0636. The van der Waals surface area contributed by atoms with Gasteiger partial charge in [0.25, 0.3) is 5.91 Å². The zero-order valence-electron chi connectivity index (χ0n) is 7.99. The fraction of sp³-hybridized carbons (Fsp3) is 0.400. The summed E-state index contributed by atoms with van der Waals surface area (Å²) in [5, 5.41) is 0. The molecule has 0 aromatic carbocycles. The number of carbonyl (C=O) groups excluding carboxylic acids is 1. The minimum Gasteiger partial charge on any atom is -0.369 e. The Kier molecular flexibility index (Phi) is 2.21. The van der Waals surface area contributed by atoms with Gasteiger partial charge in [0, 0.05) is 11.8 Å². The Balaban J connectivity index is 2.42. The summed E-state index contributed by atoms with van der Waals surface area (Å²) >= 11 is 0. The SMILES string of the molecule is CC[C@@H]1OCc2cnc(C(N)=O)cc21. The lowest BCUT2D eigenvalue weighted by Gasteiger charge is -2.07. The second-order valence-corrected chi connectivity index (χ2v) is 3.34. The standard InChI is InChI=1S/C10H12N2O2/c1-2-9-7-3-8(10(11)13)12-4-6(7)5-14-9/h3-4,9H,2,5H2,1H3,(H2,11,13)/t9-/m0/s1. The Labute approximate surface area is 82.1 Å². The van der Waals surface area contributed by atoms with Crippen LogP contribution in [0.15, 0.2) is 12.3 Å². The highest BCUT2D eigenvalue weighted by molar-refractivity contribution is 5.90. The first-order valence-corrected chi connectivity index (χ1v) is 4.62. The Bertz CT molecular complexity index is 376. The third kappa shape index (κ3) is 1.37. The quantitative estimate of drug-likeness (QED) is 0.764. The molecule has 0 spiro atoms. The molecular weight excluding hydrogens is 180 g/mol. The van der Waals surface area contributed by atoms with Gasteiger partial charge in [-0.2, -0.15) is 0 Å². The van der Waals surface area contributed by atoms with Crippen LogP contribution in [-0.2, 0) is 11.3 Å². The van der Waals surface area contributed by atoms with E-state index in [1.54, 1.807) is 12.3 Å². The van der Waals surface area contributed by atoms with Crippen molar-refractivity contribution in [2.45, 2.75) is 26.1 Å². The first-order chi connectivity index (χ1) is 6.72. The maximum absolute atomic E-state index is 10.9. The van der Waals surface area contributed by atoms with Crippen LogP contribution < -0.4 is 5.73 Å². The van der Waals surface area contributed by atoms with Crippen molar-refractivity contribution in [2.24, 2.45) is 5.73 Å². The van der Waals surface area contributed by atoms with Crippen molar-refractivity contribution in [3.8, 4) is 0 Å². The average molecular weight is 192 g/mol. The van der Waals surface area contributed by atoms with Crippen molar-refractivity contribution in [3.63, 3.8) is 0 Å². The summed E-state index contributed by atoms with van der Waals surface area (Å²) in [4.78, 5) is 14.9. The highest BCUT2D eigenvalue weighted by atomic mass is 16.5. The highest BCUT2D eigenvalue weighted by Crippen LogP contribution is 2.32. The molecule has 0 saturated carbocycles. The smallest absolute Gasteiger partial charge is 0.267 e. The van der Waals surface area contributed by atoms with Crippen molar-refractivity contribution >= 4 is 5.91 Å². The molecule has 4 heteroatoms. The predicted molar refractivity (Wildman–Crippen MR) is 50.6 cm³/mol. The van der Waals surface area contributed by atoms with E-state index in [0.717, 1.165) is 17.5 Å². The van der Waals surface area contributed by atoms with Crippen molar-refractivity contribution < 1.29 is 9.53 Å². The number of carbonyl (C=O) groups is 1. The van der Waals surface area contributed by atoms with Crippen LogP contribution in [-0.4, -0.2) is 10.9 Å². The largest absolute Gasteiger partial charge is 0.369 e. The highest BCUT2D eigenvalue weighted by Gasteiger charge is 2.23. The van der Waals surface area contributed by atoms with Gasteiger partial charge in [0.15, 0.2) is 0 Å². The molecular formula is C10H12N2O2. The van der Waals surface area contributed by atoms with E-state index in [2.05, 4.69) is 4.98 Å². The Morgan fingerprint density at radius 1 is 1.79 bits per heavy atom. The van der Waals surface area contributed by atoms with E-state index in [9.17, 15) is 4.79 Å². The number of rotatable bonds is 2. The molecule has 0 fully saturated rings. The van der Waals surface area contributed by atoms with E-state index in [1.165, 1.54) is 0 Å². The summed E-state index contributed by atoms with van der Waals surface area (Å²) in [6, 6.07) is 1.73. The van der Waals surface area contributed by atoms with Gasteiger partial charge in [-0.1, -0.05) is 6.92 Å². The van der Waals surface area contributed by atoms with Crippen molar-refractivity contribution in [1.82, 2.24) is 4.98 Å². The molecule has 14 heavy (non-hydrogen) atoms. The van der Waals surface area contributed by atoms with Gasteiger partial charge in [0.1, 0.15) is 5.69 Å². The van der Waals surface area contributed by atoms with Crippen LogP contribution in [0.5, 0.6) is 0 Å². The average Bonchev–Trinajstić information content (AvgIpc) is 2.59. The molecule has 0 radical (unpaired) electrons. The zero-order chi connectivity index (χ0) is 10.1. The topological polar surface area (TPSA) is 65.2 Å². The van der Waals surface area contributed by atoms with E-state index in [0.29, 0.717) is 12.3 Å². The molecule has 1 aliphatic rings. The lowest BCUT2D eigenvalue weighted by atomic mass is 10.0. The summed E-state index contributed by atoms with van der Waals surface area (Å²) in [5.41, 5.74) is 7.57. The van der Waals surface area contributed by atoms with Gasteiger partial charge in [-0.15, -0.1) is 0 Å². The Morgan fingerprint density at radius 2 is 2.57 bits per heavy atom. The molecule has 2 N–H and O–H groups in total. The van der Waals surface area contributed by atoms with Crippen LogP contribution in [0.2, 0.25) is 0 Å². The molecule has 74 valence electrons. The Morgan fingerprint density at radius 3 is 3.21 bits per heavy atom. The van der Waals surface area contributed by atoms with Crippen molar-refractivity contribution in [3.05, 3.63) is 29.1 Å². The number of primary amides is 1. The molecule has 2 rings (SSSR count). The van der Waals surface area contributed by atoms with Crippen molar-refractivity contribution in [2.75, 3.05) is 0 Å². The zero-order valence-corrected chi connectivity index (χ0v) is 7.99. The maximum atomic E-state index is 10.9. The molecule has 1 aliphatic heterocycles. The molecule has 0 aliphatic carbocycles. The third-order valence-corrected chi connectivity index (χ3v) is 2.43. The summed E-state index contributed by atoms with van der Waals surface area (Å²) in [7, 11) is 0.